The average molecular weight is 258 g/mol. The van der Waals surface area contributed by atoms with E-state index in [4.69, 9.17) is 16.7 Å². The minimum atomic E-state index is -1.05. The molecule has 94 valence electrons. The molecule has 2 N–H and O–H groups in total. The molecule has 1 atom stereocenters. The summed E-state index contributed by atoms with van der Waals surface area (Å²) in [5, 5.41) is 12.2. The van der Waals surface area contributed by atoms with Gasteiger partial charge in [-0.1, -0.05) is 11.6 Å². The Balaban J connectivity index is 2.79. The summed E-state index contributed by atoms with van der Waals surface area (Å²) in [5.74, 6) is -0.540. The number of rotatable bonds is 5. The number of carbonyl (C=O) groups is 1. The highest BCUT2D eigenvalue weighted by Crippen LogP contribution is 2.18. The minimum absolute atomic E-state index is 0.0567. The summed E-state index contributed by atoms with van der Waals surface area (Å²) in [6, 6.07) is 1.61. The number of nitrogens with one attached hydrogen (secondary N) is 1. The van der Waals surface area contributed by atoms with E-state index in [0.717, 1.165) is 6.54 Å². The van der Waals surface area contributed by atoms with Gasteiger partial charge >= 0.3 is 5.97 Å². The summed E-state index contributed by atoms with van der Waals surface area (Å²) in [7, 11) is 3.94. The SMILES string of the molecule is CC(CN(C)C)Nc1cc(C(=O)O)c(Cl)cn1. The van der Waals surface area contributed by atoms with Crippen molar-refractivity contribution in [2.45, 2.75) is 13.0 Å². The zero-order chi connectivity index (χ0) is 13.0. The fourth-order valence-corrected chi connectivity index (χ4v) is 1.71. The molecule has 0 aliphatic rings. The third-order valence-corrected chi connectivity index (χ3v) is 2.42. The fraction of sp³-hybridized carbons (Fsp3) is 0.455. The molecule has 1 heterocycles. The number of hydrogen-bond donors (Lipinski definition) is 2. The van der Waals surface area contributed by atoms with Crippen LogP contribution in [0, 0.1) is 0 Å². The van der Waals surface area contributed by atoms with E-state index in [1.54, 1.807) is 0 Å². The second-order valence-corrected chi connectivity index (χ2v) is 4.57. The summed E-state index contributed by atoms with van der Waals surface area (Å²) < 4.78 is 0. The van der Waals surface area contributed by atoms with Crippen LogP contribution in [0.3, 0.4) is 0 Å². The van der Waals surface area contributed by atoms with E-state index in [1.807, 2.05) is 25.9 Å². The number of nitrogens with zero attached hydrogens (tertiary/aromatic N) is 2. The van der Waals surface area contributed by atoms with E-state index in [-0.39, 0.29) is 16.6 Å². The number of likely N-dealkylation sites (N-methyl/N-ethyl adjacent to an activating group) is 1. The Bertz CT molecular complexity index is 410. The molecular weight excluding hydrogens is 242 g/mol. The predicted molar refractivity (Wildman–Crippen MR) is 67.8 cm³/mol. The van der Waals surface area contributed by atoms with Crippen molar-refractivity contribution in [2.24, 2.45) is 0 Å². The van der Waals surface area contributed by atoms with Crippen LogP contribution in [0.25, 0.3) is 0 Å². The molecule has 0 aliphatic carbocycles. The Kier molecular flexibility index (Phi) is 4.72. The van der Waals surface area contributed by atoms with Gasteiger partial charge in [0, 0.05) is 18.8 Å². The molecule has 1 rings (SSSR count). The van der Waals surface area contributed by atoms with Crippen molar-refractivity contribution in [2.75, 3.05) is 26.0 Å². The van der Waals surface area contributed by atoms with Crippen molar-refractivity contribution in [1.29, 1.82) is 0 Å². The zero-order valence-corrected chi connectivity index (χ0v) is 10.8. The van der Waals surface area contributed by atoms with Crippen LogP contribution in [0.2, 0.25) is 5.02 Å². The van der Waals surface area contributed by atoms with Gasteiger partial charge in [0.05, 0.1) is 10.6 Å². The van der Waals surface area contributed by atoms with Gasteiger partial charge in [-0.25, -0.2) is 9.78 Å². The second kappa shape index (κ2) is 5.84. The van der Waals surface area contributed by atoms with Crippen LogP contribution in [0.1, 0.15) is 17.3 Å². The lowest BCUT2D eigenvalue weighted by Gasteiger charge is -2.19. The van der Waals surface area contributed by atoms with Crippen molar-refractivity contribution < 1.29 is 9.90 Å². The molecule has 6 heteroatoms. The summed E-state index contributed by atoms with van der Waals surface area (Å²) in [4.78, 5) is 17.0. The summed E-state index contributed by atoms with van der Waals surface area (Å²) in [6.07, 6.45) is 1.34. The number of halogens is 1. The van der Waals surface area contributed by atoms with E-state index in [9.17, 15) is 4.79 Å². The molecule has 1 unspecified atom stereocenters. The van der Waals surface area contributed by atoms with Crippen LogP contribution in [0.5, 0.6) is 0 Å². The maximum Gasteiger partial charge on any atom is 0.337 e. The smallest absolute Gasteiger partial charge is 0.337 e. The van der Waals surface area contributed by atoms with E-state index in [1.165, 1.54) is 12.3 Å². The highest BCUT2D eigenvalue weighted by atomic mass is 35.5. The van der Waals surface area contributed by atoms with Gasteiger partial charge in [0.25, 0.3) is 0 Å². The van der Waals surface area contributed by atoms with Gasteiger partial charge in [-0.15, -0.1) is 0 Å². The van der Waals surface area contributed by atoms with Crippen LogP contribution in [0.4, 0.5) is 5.82 Å². The first-order valence-electron chi connectivity index (χ1n) is 5.20. The van der Waals surface area contributed by atoms with E-state index < -0.39 is 5.97 Å². The quantitative estimate of drug-likeness (QED) is 0.842. The van der Waals surface area contributed by atoms with Gasteiger partial charge in [-0.05, 0) is 27.1 Å². The largest absolute Gasteiger partial charge is 0.478 e. The third kappa shape index (κ3) is 4.20. The first-order valence-corrected chi connectivity index (χ1v) is 5.58. The van der Waals surface area contributed by atoms with Crippen LogP contribution in [0.15, 0.2) is 12.3 Å². The highest BCUT2D eigenvalue weighted by molar-refractivity contribution is 6.33. The molecule has 0 amide bonds. The lowest BCUT2D eigenvalue weighted by Crippen LogP contribution is -2.30. The molecule has 1 aromatic heterocycles. The molecule has 0 aliphatic heterocycles. The first kappa shape index (κ1) is 13.7. The number of pyridine rings is 1. The maximum atomic E-state index is 10.9. The lowest BCUT2D eigenvalue weighted by atomic mass is 10.2. The van der Waals surface area contributed by atoms with Gasteiger partial charge in [0.15, 0.2) is 0 Å². The standard InChI is InChI=1S/C11H16ClN3O2/c1-7(6-15(2)3)14-10-4-8(11(16)17)9(12)5-13-10/h4-5,7H,6H2,1-3H3,(H,13,14)(H,16,17). The zero-order valence-electron chi connectivity index (χ0n) is 10.1. The van der Waals surface area contributed by atoms with Crippen molar-refractivity contribution in [3.8, 4) is 0 Å². The Morgan fingerprint density at radius 1 is 1.65 bits per heavy atom. The predicted octanol–water partition coefficient (Wildman–Crippen LogP) is 1.80. The number of carboxylic acid groups (broad SMARTS) is 1. The van der Waals surface area contributed by atoms with Gasteiger partial charge < -0.3 is 15.3 Å². The van der Waals surface area contributed by atoms with Crippen LogP contribution >= 0.6 is 11.6 Å². The summed E-state index contributed by atoms with van der Waals surface area (Å²) in [6.45, 7) is 2.82. The second-order valence-electron chi connectivity index (χ2n) is 4.16. The Labute approximate surface area is 105 Å². The normalized spacial score (nSPS) is 12.5. The van der Waals surface area contributed by atoms with E-state index >= 15 is 0 Å². The number of aromatic carboxylic acids is 1. The molecule has 0 saturated carbocycles. The third-order valence-electron chi connectivity index (χ3n) is 2.12. The topological polar surface area (TPSA) is 65.5 Å². The van der Waals surface area contributed by atoms with Crippen LogP contribution in [-0.2, 0) is 0 Å². The first-order chi connectivity index (χ1) is 7.90. The van der Waals surface area contributed by atoms with Crippen LogP contribution < -0.4 is 5.32 Å². The lowest BCUT2D eigenvalue weighted by molar-refractivity contribution is 0.0697. The molecule has 17 heavy (non-hydrogen) atoms. The summed E-state index contributed by atoms with van der Waals surface area (Å²) in [5.41, 5.74) is 0.0567. The molecule has 0 bridgehead atoms. The van der Waals surface area contributed by atoms with Gasteiger partial charge in [0.1, 0.15) is 5.82 Å². The van der Waals surface area contributed by atoms with Gasteiger partial charge in [-0.3, -0.25) is 0 Å². The molecule has 1 aromatic rings. The Hall–Kier alpha value is -1.33. The van der Waals surface area contributed by atoms with Crippen LogP contribution in [-0.4, -0.2) is 47.6 Å². The molecule has 0 spiro atoms. The van der Waals surface area contributed by atoms with Gasteiger partial charge in [0.2, 0.25) is 0 Å². The molecular formula is C11H16ClN3O2. The number of aromatic nitrogens is 1. The average Bonchev–Trinajstić information content (AvgIpc) is 2.19. The summed E-state index contributed by atoms with van der Waals surface area (Å²) >= 11 is 5.73. The number of carboxylic acids is 1. The van der Waals surface area contributed by atoms with Crippen molar-refractivity contribution in [1.82, 2.24) is 9.88 Å². The maximum absolute atomic E-state index is 10.9. The van der Waals surface area contributed by atoms with Gasteiger partial charge in [-0.2, -0.15) is 0 Å². The monoisotopic (exact) mass is 257 g/mol. The minimum Gasteiger partial charge on any atom is -0.478 e. The van der Waals surface area contributed by atoms with Crippen molar-refractivity contribution in [3.63, 3.8) is 0 Å². The molecule has 0 fully saturated rings. The highest BCUT2D eigenvalue weighted by Gasteiger charge is 2.11. The van der Waals surface area contributed by atoms with Crippen molar-refractivity contribution in [3.05, 3.63) is 22.8 Å². The van der Waals surface area contributed by atoms with E-state index in [2.05, 4.69) is 10.3 Å². The molecule has 0 aromatic carbocycles. The molecule has 5 nitrogen and oxygen atoms in total. The number of hydrogen-bond acceptors (Lipinski definition) is 4. The Morgan fingerprint density at radius 3 is 2.82 bits per heavy atom. The molecule has 0 radical (unpaired) electrons. The fourth-order valence-electron chi connectivity index (χ4n) is 1.53. The Morgan fingerprint density at radius 2 is 2.29 bits per heavy atom. The number of anilines is 1. The van der Waals surface area contributed by atoms with Crippen molar-refractivity contribution >= 4 is 23.4 Å². The molecule has 0 saturated heterocycles. The van der Waals surface area contributed by atoms with E-state index in [0.29, 0.717) is 5.82 Å².